The summed E-state index contributed by atoms with van der Waals surface area (Å²) < 4.78 is 26.5. The summed E-state index contributed by atoms with van der Waals surface area (Å²) in [5.74, 6) is -0.542. The summed E-state index contributed by atoms with van der Waals surface area (Å²) in [5, 5.41) is 2.87. The van der Waals surface area contributed by atoms with Gasteiger partial charge in [-0.25, -0.2) is 4.98 Å². The molecule has 3 aromatic rings. The highest BCUT2D eigenvalue weighted by atomic mass is 19.1. The molecule has 6 rings (SSSR count). The number of hydrogen-bond donors (Lipinski definition) is 2. The second-order valence-electron chi connectivity index (χ2n) is 10.5. The van der Waals surface area contributed by atoms with Crippen molar-refractivity contribution >= 4 is 17.4 Å². The number of nitrogen functional groups attached to an aromatic ring is 1. The fraction of sp³-hybridized carbons (Fsp3) is 0.400. The Morgan fingerprint density at radius 3 is 2.67 bits per heavy atom. The number of fused-ring (bicyclic) bond motifs is 1. The number of halogens is 1. The van der Waals surface area contributed by atoms with Gasteiger partial charge in [-0.05, 0) is 59.4 Å². The van der Waals surface area contributed by atoms with Gasteiger partial charge in [0.25, 0.3) is 5.91 Å². The zero-order valence-electron chi connectivity index (χ0n) is 22.2. The number of likely N-dealkylation sites (tertiary alicyclic amines) is 1. The minimum Gasteiger partial charge on any atom is -0.383 e. The quantitative estimate of drug-likeness (QED) is 0.471. The summed E-state index contributed by atoms with van der Waals surface area (Å²) in [6.45, 7) is 6.22. The predicted molar refractivity (Wildman–Crippen MR) is 149 cm³/mol. The fourth-order valence-electron chi connectivity index (χ4n) is 5.90. The third-order valence-corrected chi connectivity index (χ3v) is 8.04. The van der Waals surface area contributed by atoms with Crippen LogP contribution < -0.4 is 16.0 Å². The highest BCUT2D eigenvalue weighted by Crippen LogP contribution is 2.36. The average Bonchev–Trinajstić information content (AvgIpc) is 3.41. The molecule has 0 spiro atoms. The maximum atomic E-state index is 15.3. The van der Waals surface area contributed by atoms with Gasteiger partial charge in [-0.3, -0.25) is 9.69 Å². The van der Waals surface area contributed by atoms with E-state index in [1.165, 1.54) is 0 Å². The predicted octanol–water partition coefficient (Wildman–Crippen LogP) is 3.48. The van der Waals surface area contributed by atoms with Crippen LogP contribution in [0, 0.1) is 5.95 Å². The largest absolute Gasteiger partial charge is 0.383 e. The van der Waals surface area contributed by atoms with Crippen molar-refractivity contribution in [3.63, 3.8) is 0 Å². The first-order valence-corrected chi connectivity index (χ1v) is 13.6. The smallest absolute Gasteiger partial charge is 0.251 e. The lowest BCUT2D eigenvalue weighted by molar-refractivity contribution is 0.0946. The Labute approximate surface area is 227 Å². The van der Waals surface area contributed by atoms with Gasteiger partial charge in [-0.15, -0.1) is 0 Å². The van der Waals surface area contributed by atoms with Crippen LogP contribution in [-0.2, 0) is 22.4 Å². The molecule has 39 heavy (non-hydrogen) atoms. The second-order valence-corrected chi connectivity index (χ2v) is 10.5. The Balaban J connectivity index is 1.38. The number of nitrogens with zero attached hydrogens (tertiary/aromatic N) is 3. The van der Waals surface area contributed by atoms with Crippen molar-refractivity contribution in [3.05, 3.63) is 65.1 Å². The molecule has 9 heteroatoms. The van der Waals surface area contributed by atoms with Gasteiger partial charge in [0, 0.05) is 68.8 Å². The number of amides is 1. The minimum atomic E-state index is -0.598. The third kappa shape index (κ3) is 5.22. The number of aromatic nitrogens is 1. The summed E-state index contributed by atoms with van der Waals surface area (Å²) in [4.78, 5) is 21.0. The highest BCUT2D eigenvalue weighted by molar-refractivity contribution is 5.97. The van der Waals surface area contributed by atoms with Crippen LogP contribution in [0.1, 0.15) is 27.9 Å². The van der Waals surface area contributed by atoms with Crippen LogP contribution in [0.5, 0.6) is 0 Å². The van der Waals surface area contributed by atoms with Crippen LogP contribution in [-0.4, -0.2) is 74.9 Å². The monoisotopic (exact) mass is 531 g/mol. The fourth-order valence-corrected chi connectivity index (χ4v) is 5.90. The molecule has 0 bridgehead atoms. The van der Waals surface area contributed by atoms with Crippen LogP contribution in [0.3, 0.4) is 0 Å². The number of nitrogens with one attached hydrogen (secondary N) is 1. The van der Waals surface area contributed by atoms with Crippen molar-refractivity contribution in [1.82, 2.24) is 15.2 Å². The molecule has 0 unspecified atom stereocenters. The Morgan fingerprint density at radius 1 is 1.08 bits per heavy atom. The minimum absolute atomic E-state index is 0.0728. The molecule has 3 aliphatic rings. The summed E-state index contributed by atoms with van der Waals surface area (Å²) in [5.41, 5.74) is 12.8. The number of morpholine rings is 1. The van der Waals surface area contributed by atoms with Crippen LogP contribution in [0.25, 0.3) is 22.3 Å². The van der Waals surface area contributed by atoms with E-state index < -0.39 is 5.95 Å². The number of carbonyl (C=O) groups is 1. The zero-order valence-corrected chi connectivity index (χ0v) is 22.2. The van der Waals surface area contributed by atoms with E-state index in [0.717, 1.165) is 73.5 Å². The van der Waals surface area contributed by atoms with Crippen molar-refractivity contribution in [3.8, 4) is 22.3 Å². The maximum Gasteiger partial charge on any atom is 0.251 e. The maximum absolute atomic E-state index is 15.3. The molecule has 1 amide bonds. The number of benzene rings is 2. The molecule has 3 N–H and O–H groups in total. The van der Waals surface area contributed by atoms with Gasteiger partial charge in [0.05, 0.1) is 19.3 Å². The summed E-state index contributed by atoms with van der Waals surface area (Å²) >= 11 is 0. The van der Waals surface area contributed by atoms with E-state index in [9.17, 15) is 4.79 Å². The zero-order chi connectivity index (χ0) is 26.9. The van der Waals surface area contributed by atoms with Crippen LogP contribution in [0.2, 0.25) is 0 Å². The number of nitrogens with two attached hydrogens (primary N) is 1. The Kier molecular flexibility index (Phi) is 7.20. The molecule has 1 atom stereocenters. The van der Waals surface area contributed by atoms with E-state index in [0.29, 0.717) is 36.4 Å². The number of anilines is 2. The molecule has 1 aromatic heterocycles. The second kappa shape index (κ2) is 10.9. The van der Waals surface area contributed by atoms with E-state index in [1.54, 1.807) is 19.2 Å². The van der Waals surface area contributed by atoms with Gasteiger partial charge < -0.3 is 25.4 Å². The highest BCUT2D eigenvalue weighted by Gasteiger charge is 2.25. The lowest BCUT2D eigenvalue weighted by atomic mass is 9.93. The molecule has 2 aromatic carbocycles. The number of hydrogen-bond acceptors (Lipinski definition) is 7. The molecule has 8 nitrogen and oxygen atoms in total. The molecule has 3 aliphatic heterocycles. The normalized spacial score (nSPS) is 19.7. The van der Waals surface area contributed by atoms with E-state index in [2.05, 4.69) is 32.2 Å². The number of rotatable bonds is 6. The Hall–Kier alpha value is -3.53. The van der Waals surface area contributed by atoms with Crippen LogP contribution in [0.4, 0.5) is 15.9 Å². The molecule has 0 saturated carbocycles. The molecule has 4 heterocycles. The Morgan fingerprint density at radius 2 is 1.87 bits per heavy atom. The summed E-state index contributed by atoms with van der Waals surface area (Å²) in [6.07, 6.45) is 1.98. The number of carbonyl (C=O) groups excluding carboxylic acids is 1. The van der Waals surface area contributed by atoms with Crippen molar-refractivity contribution in [2.45, 2.75) is 25.5 Å². The molecule has 0 aliphatic carbocycles. The molecular weight excluding hydrogens is 497 g/mol. The molecule has 0 radical (unpaired) electrons. The Bertz CT molecular complexity index is 1390. The first-order valence-electron chi connectivity index (χ1n) is 13.6. The van der Waals surface area contributed by atoms with Gasteiger partial charge in [0.2, 0.25) is 5.95 Å². The first kappa shape index (κ1) is 25.7. The topological polar surface area (TPSA) is 93.0 Å². The number of pyridine rings is 1. The van der Waals surface area contributed by atoms with E-state index >= 15 is 4.39 Å². The summed E-state index contributed by atoms with van der Waals surface area (Å²) in [6, 6.07) is 13.6. The van der Waals surface area contributed by atoms with Crippen LogP contribution in [0.15, 0.2) is 42.5 Å². The standard InChI is InChI=1S/C30H34FN5O3/c1-38-23-7-9-35(18-23)17-22-15-19(3-5-27(22)36-10-12-39-13-11-36)25-16-26(29(32)34-28(25)31)20-2-4-24-21(14-20)6-8-33-30(24)37/h2-5,14-16,23H,6-13,17-18H2,1H3,(H2,32,34)(H,33,37)/t23-/m0/s1. The van der Waals surface area contributed by atoms with Gasteiger partial charge in [-0.1, -0.05) is 18.2 Å². The lowest BCUT2D eigenvalue weighted by Crippen LogP contribution is -2.37. The van der Waals surface area contributed by atoms with Crippen molar-refractivity contribution in [2.24, 2.45) is 0 Å². The van der Waals surface area contributed by atoms with E-state index in [1.807, 2.05) is 18.2 Å². The van der Waals surface area contributed by atoms with Gasteiger partial charge >= 0.3 is 0 Å². The van der Waals surface area contributed by atoms with Crippen molar-refractivity contribution in [1.29, 1.82) is 0 Å². The molecular formula is C30H34FN5O3. The lowest BCUT2D eigenvalue weighted by Gasteiger charge is -2.32. The molecule has 2 fully saturated rings. The average molecular weight is 532 g/mol. The molecule has 204 valence electrons. The number of methoxy groups -OCH3 is 1. The number of ether oxygens (including phenoxy) is 2. The third-order valence-electron chi connectivity index (χ3n) is 8.04. The van der Waals surface area contributed by atoms with Crippen molar-refractivity contribution in [2.75, 3.05) is 63.7 Å². The molecule has 2 saturated heterocycles. The van der Waals surface area contributed by atoms with Crippen LogP contribution >= 0.6 is 0 Å². The van der Waals surface area contributed by atoms with Gasteiger partial charge in [0.1, 0.15) is 5.82 Å². The summed E-state index contributed by atoms with van der Waals surface area (Å²) in [7, 11) is 1.76. The first-order chi connectivity index (χ1) is 19.0. The van der Waals surface area contributed by atoms with Crippen molar-refractivity contribution < 1.29 is 18.7 Å². The SMILES string of the molecule is CO[C@H]1CCN(Cc2cc(-c3cc(-c4ccc5c(c4)CCNC5=O)c(N)nc3F)ccc2N2CCOCC2)C1. The van der Waals surface area contributed by atoms with Gasteiger partial charge in [0.15, 0.2) is 0 Å². The van der Waals surface area contributed by atoms with E-state index in [-0.39, 0.29) is 17.8 Å². The van der Waals surface area contributed by atoms with Gasteiger partial charge in [-0.2, -0.15) is 4.39 Å². The van der Waals surface area contributed by atoms with E-state index in [4.69, 9.17) is 15.2 Å².